The van der Waals surface area contributed by atoms with Crippen LogP contribution in [0.2, 0.25) is 0 Å². The maximum Gasteiger partial charge on any atom is 0.239 e. The van der Waals surface area contributed by atoms with E-state index in [1.165, 1.54) is 0 Å². The Morgan fingerprint density at radius 1 is 0.893 bits per heavy atom. The van der Waals surface area contributed by atoms with E-state index in [2.05, 4.69) is 18.1 Å². The minimum atomic E-state index is 0.528. The summed E-state index contributed by atoms with van der Waals surface area (Å²) in [5.74, 6) is 1.44. The van der Waals surface area contributed by atoms with Crippen molar-refractivity contribution in [2.75, 3.05) is 26.9 Å². The van der Waals surface area contributed by atoms with E-state index < -0.39 is 0 Å². The number of aromatic nitrogens is 3. The molecule has 0 aliphatic carbocycles. The van der Waals surface area contributed by atoms with Crippen LogP contribution in [0.4, 0.5) is 0 Å². The Balaban J connectivity index is 1.70. The number of ether oxygens (including phenoxy) is 3. The summed E-state index contributed by atoms with van der Waals surface area (Å²) in [6.45, 7) is 3.81. The second kappa shape index (κ2) is 8.27. The second-order valence-corrected chi connectivity index (χ2v) is 6.46. The molecule has 144 valence electrons. The van der Waals surface area contributed by atoms with Gasteiger partial charge in [-0.15, -0.1) is 5.10 Å². The molecule has 0 spiro atoms. The van der Waals surface area contributed by atoms with Crippen molar-refractivity contribution in [2.24, 2.45) is 0 Å². The molecular weight excluding hydrogens is 354 g/mol. The van der Waals surface area contributed by atoms with Crippen LogP contribution in [0.5, 0.6) is 11.6 Å². The van der Waals surface area contributed by atoms with Crippen LogP contribution in [0, 0.1) is 0 Å². The van der Waals surface area contributed by atoms with E-state index >= 15 is 0 Å². The van der Waals surface area contributed by atoms with Crippen LogP contribution >= 0.6 is 0 Å². The first-order valence-electron chi connectivity index (χ1n) is 9.43. The summed E-state index contributed by atoms with van der Waals surface area (Å²) >= 11 is 0. The maximum atomic E-state index is 5.87. The number of benzene rings is 2. The van der Waals surface area contributed by atoms with Gasteiger partial charge in [0.05, 0.1) is 25.1 Å². The van der Waals surface area contributed by atoms with Crippen LogP contribution in [-0.4, -0.2) is 41.5 Å². The van der Waals surface area contributed by atoms with Crippen molar-refractivity contribution < 1.29 is 14.2 Å². The molecule has 0 radical (unpaired) electrons. The molecular formula is C22H23N3O3. The van der Waals surface area contributed by atoms with Gasteiger partial charge in [0.25, 0.3) is 0 Å². The smallest absolute Gasteiger partial charge is 0.239 e. The standard InChI is InChI=1S/C22H23N3O3/c1-3-12-28-22-19-7-5-4-6-18(19)21-23-20(15-25(21)24-22)16-8-10-17(11-9-16)27-14-13-26-2/h4-11,15H,3,12-14H2,1-2H3. The van der Waals surface area contributed by atoms with Crippen molar-refractivity contribution in [3.8, 4) is 22.9 Å². The van der Waals surface area contributed by atoms with E-state index in [9.17, 15) is 0 Å². The maximum absolute atomic E-state index is 5.87. The van der Waals surface area contributed by atoms with Gasteiger partial charge in [-0.2, -0.15) is 0 Å². The van der Waals surface area contributed by atoms with E-state index in [-0.39, 0.29) is 0 Å². The lowest BCUT2D eigenvalue weighted by atomic mass is 10.1. The monoisotopic (exact) mass is 377 g/mol. The van der Waals surface area contributed by atoms with Crippen LogP contribution in [0.3, 0.4) is 0 Å². The highest BCUT2D eigenvalue weighted by molar-refractivity contribution is 5.97. The molecule has 2 heterocycles. The van der Waals surface area contributed by atoms with Crippen LogP contribution in [0.1, 0.15) is 13.3 Å². The van der Waals surface area contributed by atoms with Crippen molar-refractivity contribution >= 4 is 16.4 Å². The Morgan fingerprint density at radius 2 is 1.68 bits per heavy atom. The van der Waals surface area contributed by atoms with Gasteiger partial charge >= 0.3 is 0 Å². The average molecular weight is 377 g/mol. The van der Waals surface area contributed by atoms with Gasteiger partial charge in [0, 0.05) is 23.4 Å². The number of nitrogens with zero attached hydrogens (tertiary/aromatic N) is 3. The number of methoxy groups -OCH3 is 1. The lowest BCUT2D eigenvalue weighted by Crippen LogP contribution is -2.03. The molecule has 0 aliphatic rings. The molecule has 0 unspecified atom stereocenters. The fraction of sp³-hybridized carbons (Fsp3) is 0.273. The van der Waals surface area contributed by atoms with Gasteiger partial charge in [0.2, 0.25) is 5.88 Å². The predicted octanol–water partition coefficient (Wildman–Crippen LogP) is 4.36. The predicted molar refractivity (Wildman–Crippen MR) is 109 cm³/mol. The number of rotatable bonds is 8. The first kappa shape index (κ1) is 18.3. The zero-order valence-electron chi connectivity index (χ0n) is 16.1. The van der Waals surface area contributed by atoms with Gasteiger partial charge in [-0.3, -0.25) is 0 Å². The molecule has 0 saturated heterocycles. The van der Waals surface area contributed by atoms with Crippen LogP contribution in [0.15, 0.2) is 54.7 Å². The molecule has 0 amide bonds. The highest BCUT2D eigenvalue weighted by Crippen LogP contribution is 2.29. The van der Waals surface area contributed by atoms with Gasteiger partial charge in [-0.05, 0) is 36.8 Å². The lowest BCUT2D eigenvalue weighted by molar-refractivity contribution is 0.146. The highest BCUT2D eigenvalue weighted by atomic mass is 16.5. The number of imidazole rings is 1. The summed E-state index contributed by atoms with van der Waals surface area (Å²) in [6, 6.07) is 16.0. The minimum absolute atomic E-state index is 0.528. The number of hydrogen-bond acceptors (Lipinski definition) is 5. The van der Waals surface area contributed by atoms with Crippen molar-refractivity contribution in [2.45, 2.75) is 13.3 Å². The summed E-state index contributed by atoms with van der Waals surface area (Å²) in [5, 5.41) is 6.64. The molecule has 28 heavy (non-hydrogen) atoms. The van der Waals surface area contributed by atoms with Crippen LogP contribution in [-0.2, 0) is 4.74 Å². The van der Waals surface area contributed by atoms with Gasteiger partial charge in [-0.25, -0.2) is 9.50 Å². The summed E-state index contributed by atoms with van der Waals surface area (Å²) in [7, 11) is 1.66. The Kier molecular flexibility index (Phi) is 5.39. The van der Waals surface area contributed by atoms with Gasteiger partial charge < -0.3 is 14.2 Å². The van der Waals surface area contributed by atoms with Crippen LogP contribution < -0.4 is 9.47 Å². The van der Waals surface area contributed by atoms with Crippen molar-refractivity contribution in [3.63, 3.8) is 0 Å². The Morgan fingerprint density at radius 3 is 2.43 bits per heavy atom. The van der Waals surface area contributed by atoms with Crippen molar-refractivity contribution in [1.29, 1.82) is 0 Å². The van der Waals surface area contributed by atoms with E-state index in [4.69, 9.17) is 19.2 Å². The van der Waals surface area contributed by atoms with E-state index in [0.717, 1.165) is 39.8 Å². The Hall–Kier alpha value is -3.12. The molecule has 0 N–H and O–H groups in total. The van der Waals surface area contributed by atoms with E-state index in [0.29, 0.717) is 25.7 Å². The summed E-state index contributed by atoms with van der Waals surface area (Å²) in [4.78, 5) is 4.82. The lowest BCUT2D eigenvalue weighted by Gasteiger charge is -2.08. The van der Waals surface area contributed by atoms with E-state index in [1.54, 1.807) is 11.6 Å². The third-order valence-corrected chi connectivity index (χ3v) is 4.43. The molecule has 2 aromatic carbocycles. The van der Waals surface area contributed by atoms with Gasteiger partial charge in [0.1, 0.15) is 12.4 Å². The number of hydrogen-bond donors (Lipinski definition) is 0. The summed E-state index contributed by atoms with van der Waals surface area (Å²) in [5.41, 5.74) is 2.67. The first-order valence-corrected chi connectivity index (χ1v) is 9.43. The fourth-order valence-corrected chi connectivity index (χ4v) is 3.06. The topological polar surface area (TPSA) is 57.9 Å². The van der Waals surface area contributed by atoms with Gasteiger partial charge in [0.15, 0.2) is 5.65 Å². The summed E-state index contributed by atoms with van der Waals surface area (Å²) in [6.07, 6.45) is 2.86. The van der Waals surface area contributed by atoms with Crippen LogP contribution in [0.25, 0.3) is 27.7 Å². The zero-order valence-corrected chi connectivity index (χ0v) is 16.1. The Bertz CT molecular complexity index is 1070. The normalized spacial score (nSPS) is 11.2. The first-order chi connectivity index (χ1) is 13.8. The highest BCUT2D eigenvalue weighted by Gasteiger charge is 2.13. The van der Waals surface area contributed by atoms with Crippen molar-refractivity contribution in [1.82, 2.24) is 14.6 Å². The molecule has 2 aromatic heterocycles. The third-order valence-electron chi connectivity index (χ3n) is 4.43. The minimum Gasteiger partial charge on any atom is -0.491 e. The Labute approximate surface area is 163 Å². The molecule has 0 atom stereocenters. The largest absolute Gasteiger partial charge is 0.491 e. The van der Waals surface area contributed by atoms with E-state index in [1.807, 2.05) is 48.7 Å². The van der Waals surface area contributed by atoms with Crippen molar-refractivity contribution in [3.05, 3.63) is 54.7 Å². The molecule has 0 bridgehead atoms. The average Bonchev–Trinajstić information content (AvgIpc) is 3.17. The quantitative estimate of drug-likeness (QED) is 0.427. The molecule has 4 aromatic rings. The molecule has 6 nitrogen and oxygen atoms in total. The van der Waals surface area contributed by atoms with Gasteiger partial charge in [-0.1, -0.05) is 25.1 Å². The SMILES string of the molecule is CCCOc1nn2cc(-c3ccc(OCCOC)cc3)nc2c2ccccc12. The second-order valence-electron chi connectivity index (χ2n) is 6.46. The molecule has 0 fully saturated rings. The molecule has 0 aliphatic heterocycles. The molecule has 0 saturated carbocycles. The zero-order chi connectivity index (χ0) is 19.3. The third kappa shape index (κ3) is 3.64. The molecule has 6 heteroatoms. The number of fused-ring (bicyclic) bond motifs is 3. The molecule has 4 rings (SSSR count). The summed E-state index contributed by atoms with van der Waals surface area (Å²) < 4.78 is 18.3. The fourth-order valence-electron chi connectivity index (χ4n) is 3.06.